The van der Waals surface area contributed by atoms with E-state index in [0.29, 0.717) is 61.2 Å². The van der Waals surface area contributed by atoms with Gasteiger partial charge in [0.05, 0.1) is 10.0 Å². The van der Waals surface area contributed by atoms with Crippen LogP contribution in [-0.4, -0.2) is 76.7 Å². The first-order chi connectivity index (χ1) is 16.8. The fraction of sp³-hybridized carbons (Fsp3) is 0.462. The maximum atomic E-state index is 13.4. The van der Waals surface area contributed by atoms with Gasteiger partial charge in [0.25, 0.3) is 5.91 Å². The molecule has 2 aliphatic heterocycles. The molecule has 0 spiro atoms. The first kappa shape index (κ1) is 25.5. The number of aromatic nitrogens is 1. The van der Waals surface area contributed by atoms with Crippen molar-refractivity contribution >= 4 is 40.9 Å². The van der Waals surface area contributed by atoms with Crippen LogP contribution >= 0.6 is 23.2 Å². The molecule has 2 aliphatic rings. The van der Waals surface area contributed by atoms with Crippen molar-refractivity contribution in [3.05, 3.63) is 63.9 Å². The van der Waals surface area contributed by atoms with E-state index >= 15 is 0 Å². The maximum absolute atomic E-state index is 13.4. The molecule has 0 unspecified atom stereocenters. The zero-order valence-corrected chi connectivity index (χ0v) is 21.5. The fourth-order valence-electron chi connectivity index (χ4n) is 5.19. The van der Waals surface area contributed by atoms with E-state index in [1.54, 1.807) is 54.2 Å². The van der Waals surface area contributed by atoms with E-state index in [4.69, 9.17) is 23.2 Å². The Kier molecular flexibility index (Phi) is 7.97. The Morgan fingerprint density at radius 2 is 1.69 bits per heavy atom. The van der Waals surface area contributed by atoms with Crippen LogP contribution in [0.1, 0.15) is 48.2 Å². The van der Waals surface area contributed by atoms with Crippen molar-refractivity contribution in [3.63, 3.8) is 0 Å². The lowest BCUT2D eigenvalue weighted by molar-refractivity contribution is -0.141. The third-order valence-corrected chi connectivity index (χ3v) is 7.99. The Labute approximate surface area is 216 Å². The summed E-state index contributed by atoms with van der Waals surface area (Å²) in [5.41, 5.74) is 1.33. The number of rotatable bonds is 4. The van der Waals surface area contributed by atoms with Gasteiger partial charge in [-0.1, -0.05) is 35.3 Å². The van der Waals surface area contributed by atoms with Crippen LogP contribution in [0.5, 0.6) is 0 Å². The molecule has 186 valence electrons. The monoisotopic (exact) mass is 516 g/mol. The number of likely N-dealkylation sites (tertiary alicyclic amines) is 2. The smallest absolute Gasteiger partial charge is 0.272 e. The van der Waals surface area contributed by atoms with Crippen molar-refractivity contribution < 1.29 is 14.4 Å². The molecule has 2 saturated heterocycles. The molecule has 9 heteroatoms. The van der Waals surface area contributed by atoms with Crippen LogP contribution < -0.4 is 0 Å². The molecule has 0 bridgehead atoms. The van der Waals surface area contributed by atoms with E-state index in [2.05, 4.69) is 4.98 Å². The molecule has 0 aliphatic carbocycles. The normalized spacial score (nSPS) is 21.0. The van der Waals surface area contributed by atoms with Gasteiger partial charge in [0.15, 0.2) is 0 Å². The summed E-state index contributed by atoms with van der Waals surface area (Å²) in [5.74, 6) is -0.202. The number of nitrogens with zero attached hydrogens (tertiary/aromatic N) is 4. The fourth-order valence-corrected chi connectivity index (χ4v) is 5.50. The molecule has 0 N–H and O–H groups in total. The van der Waals surface area contributed by atoms with Gasteiger partial charge in [-0.3, -0.25) is 19.4 Å². The topological polar surface area (TPSA) is 73.8 Å². The van der Waals surface area contributed by atoms with Gasteiger partial charge in [-0.05, 0) is 49.1 Å². The first-order valence-corrected chi connectivity index (χ1v) is 12.7. The van der Waals surface area contributed by atoms with Crippen LogP contribution in [0, 0.1) is 5.92 Å². The molecule has 35 heavy (non-hydrogen) atoms. The molecular weight excluding hydrogens is 487 g/mol. The van der Waals surface area contributed by atoms with Crippen LogP contribution in [0.3, 0.4) is 0 Å². The molecule has 3 heterocycles. The molecule has 1 aromatic carbocycles. The van der Waals surface area contributed by atoms with Gasteiger partial charge in [0.1, 0.15) is 5.69 Å². The van der Waals surface area contributed by atoms with Crippen molar-refractivity contribution in [2.24, 2.45) is 5.92 Å². The number of carbonyl (C=O) groups is 3. The molecular formula is C26H30Cl2N4O3. The van der Waals surface area contributed by atoms with Crippen molar-refractivity contribution in [3.8, 4) is 0 Å². The summed E-state index contributed by atoms with van der Waals surface area (Å²) in [6.45, 7) is 3.83. The summed E-state index contributed by atoms with van der Waals surface area (Å²) in [6.07, 6.45) is 3.59. The minimum Gasteiger partial charge on any atom is -0.343 e. The standard InChI is InChI=1S/C26H30Cl2N4O3/c1-17(33)31-12-8-18(9-13-31)25(34)32-14-10-24(30(2)26(35)23-5-3-4-11-29-23)20(16-32)19-6-7-21(27)22(28)15-19/h3-7,11,15,18,20,24H,8-10,12-14,16H2,1-2H3/t20-,24+/m0/s1. The van der Waals surface area contributed by atoms with Crippen molar-refractivity contribution in [1.82, 2.24) is 19.7 Å². The van der Waals surface area contributed by atoms with E-state index in [1.807, 2.05) is 17.0 Å². The Balaban J connectivity index is 1.55. The molecule has 0 saturated carbocycles. The molecule has 3 amide bonds. The predicted molar refractivity (Wildman–Crippen MR) is 135 cm³/mol. The lowest BCUT2D eigenvalue weighted by Crippen LogP contribution is -2.53. The Bertz CT molecular complexity index is 1090. The SMILES string of the molecule is CC(=O)N1CCC(C(=O)N2CC[C@@H](N(C)C(=O)c3ccccn3)[C@H](c3ccc(Cl)c(Cl)c3)C2)CC1. The third-order valence-electron chi connectivity index (χ3n) is 7.25. The molecule has 0 radical (unpaired) electrons. The van der Waals surface area contributed by atoms with Gasteiger partial charge >= 0.3 is 0 Å². The van der Waals surface area contributed by atoms with Crippen molar-refractivity contribution in [2.75, 3.05) is 33.2 Å². The maximum Gasteiger partial charge on any atom is 0.272 e. The molecule has 1 aromatic heterocycles. The van der Waals surface area contributed by atoms with Crippen molar-refractivity contribution in [2.45, 2.75) is 38.1 Å². The van der Waals surface area contributed by atoms with Gasteiger partial charge in [0.2, 0.25) is 11.8 Å². The molecule has 4 rings (SSSR count). The summed E-state index contributed by atoms with van der Waals surface area (Å²) in [5, 5.41) is 0.910. The second kappa shape index (κ2) is 11.0. The van der Waals surface area contributed by atoms with Gasteiger partial charge < -0.3 is 14.7 Å². The van der Waals surface area contributed by atoms with Crippen LogP contribution in [0.15, 0.2) is 42.6 Å². The van der Waals surface area contributed by atoms with E-state index < -0.39 is 0 Å². The minimum absolute atomic E-state index is 0.0528. The van der Waals surface area contributed by atoms with Crippen molar-refractivity contribution in [1.29, 1.82) is 0 Å². The van der Waals surface area contributed by atoms with E-state index in [1.165, 1.54) is 0 Å². The zero-order chi connectivity index (χ0) is 25.1. The van der Waals surface area contributed by atoms with Crippen LogP contribution in [-0.2, 0) is 9.59 Å². The Morgan fingerprint density at radius 1 is 0.971 bits per heavy atom. The first-order valence-electron chi connectivity index (χ1n) is 11.9. The zero-order valence-electron chi connectivity index (χ0n) is 20.0. The highest BCUT2D eigenvalue weighted by molar-refractivity contribution is 6.42. The predicted octanol–water partition coefficient (Wildman–Crippen LogP) is 4.10. The lowest BCUT2D eigenvalue weighted by Gasteiger charge is -2.44. The average Bonchev–Trinajstić information content (AvgIpc) is 2.89. The number of benzene rings is 1. The van der Waals surface area contributed by atoms with Gasteiger partial charge in [0, 0.05) is 64.2 Å². The van der Waals surface area contributed by atoms with E-state index in [9.17, 15) is 14.4 Å². The van der Waals surface area contributed by atoms with Gasteiger partial charge in [-0.15, -0.1) is 0 Å². The van der Waals surface area contributed by atoms with Crippen LogP contribution in [0.25, 0.3) is 0 Å². The largest absolute Gasteiger partial charge is 0.343 e. The third kappa shape index (κ3) is 5.62. The Morgan fingerprint density at radius 3 is 2.31 bits per heavy atom. The number of likely N-dealkylation sites (N-methyl/N-ethyl adjacent to an activating group) is 1. The van der Waals surface area contributed by atoms with E-state index in [0.717, 1.165) is 5.56 Å². The summed E-state index contributed by atoms with van der Waals surface area (Å²) >= 11 is 12.5. The summed E-state index contributed by atoms with van der Waals surface area (Å²) in [6, 6.07) is 10.7. The lowest BCUT2D eigenvalue weighted by atomic mass is 9.84. The molecule has 2 fully saturated rings. The number of hydrogen-bond donors (Lipinski definition) is 0. The molecule has 2 aromatic rings. The highest BCUT2D eigenvalue weighted by Gasteiger charge is 2.39. The number of amides is 3. The summed E-state index contributed by atoms with van der Waals surface area (Å²) in [7, 11) is 1.79. The number of halogens is 2. The summed E-state index contributed by atoms with van der Waals surface area (Å²) in [4.78, 5) is 48.0. The second-order valence-electron chi connectivity index (χ2n) is 9.33. The van der Waals surface area contributed by atoms with Crippen LogP contribution in [0.2, 0.25) is 10.0 Å². The second-order valence-corrected chi connectivity index (χ2v) is 10.1. The summed E-state index contributed by atoms with van der Waals surface area (Å²) < 4.78 is 0. The molecule has 2 atom stereocenters. The number of hydrogen-bond acceptors (Lipinski definition) is 4. The van der Waals surface area contributed by atoms with E-state index in [-0.39, 0.29) is 35.6 Å². The quantitative estimate of drug-likeness (QED) is 0.612. The Hall–Kier alpha value is -2.64. The number of carbonyl (C=O) groups excluding carboxylic acids is 3. The average molecular weight is 517 g/mol. The van der Waals surface area contributed by atoms with Crippen LogP contribution in [0.4, 0.5) is 0 Å². The van der Waals surface area contributed by atoms with Gasteiger partial charge in [-0.2, -0.15) is 0 Å². The van der Waals surface area contributed by atoms with Gasteiger partial charge in [-0.25, -0.2) is 0 Å². The highest BCUT2D eigenvalue weighted by Crippen LogP contribution is 2.35. The minimum atomic E-state index is -0.156. The number of piperidine rings is 2. The molecule has 7 nitrogen and oxygen atoms in total. The number of pyridine rings is 1. The highest BCUT2D eigenvalue weighted by atomic mass is 35.5.